The van der Waals surface area contributed by atoms with E-state index in [0.29, 0.717) is 0 Å². The number of pyridine rings is 1. The molecule has 0 saturated heterocycles. The monoisotopic (exact) mass is 933 g/mol. The van der Waals surface area contributed by atoms with Crippen molar-refractivity contribution >= 4 is 39.7 Å². The topological polar surface area (TPSA) is 68.7 Å². The molecule has 293 valence electrons. The van der Waals surface area contributed by atoms with Crippen LogP contribution < -0.4 is 25.9 Å². The van der Waals surface area contributed by atoms with E-state index >= 15 is 0 Å². The van der Waals surface area contributed by atoms with E-state index in [2.05, 4.69) is 118 Å². The molecule has 57 heavy (non-hydrogen) atoms. The van der Waals surface area contributed by atoms with Crippen LogP contribution in [0.2, 0.25) is 0 Å². The van der Waals surface area contributed by atoms with Gasteiger partial charge in [0.05, 0.1) is 5.76 Å². The van der Waals surface area contributed by atoms with Crippen molar-refractivity contribution in [3.8, 4) is 45.4 Å². The zero-order chi connectivity index (χ0) is 39.6. The fourth-order valence-electron chi connectivity index (χ4n) is 8.09. The molecule has 5 nitrogen and oxygen atoms in total. The van der Waals surface area contributed by atoms with Crippen LogP contribution in [-0.4, -0.2) is 22.6 Å². The van der Waals surface area contributed by atoms with Gasteiger partial charge >= 0.3 is 0 Å². The summed E-state index contributed by atoms with van der Waals surface area (Å²) in [5, 5.41) is 12.1. The van der Waals surface area contributed by atoms with Crippen molar-refractivity contribution in [2.24, 2.45) is 11.8 Å². The van der Waals surface area contributed by atoms with Crippen LogP contribution in [0.1, 0.15) is 79.7 Å². The molecule has 2 aliphatic rings. The van der Waals surface area contributed by atoms with Crippen LogP contribution in [0.5, 0.6) is 23.0 Å². The molecule has 3 heterocycles. The summed E-state index contributed by atoms with van der Waals surface area (Å²) in [4.78, 5) is 16.5. The Labute approximate surface area is 352 Å². The number of allylic oxidation sites excluding steroid dienone is 2. The first-order valence-electron chi connectivity index (χ1n) is 20.1. The molecule has 0 bridgehead atoms. The second kappa shape index (κ2) is 17.7. The van der Waals surface area contributed by atoms with Gasteiger partial charge in [-0.1, -0.05) is 120 Å². The van der Waals surface area contributed by atoms with Crippen LogP contribution in [0.15, 0.2) is 121 Å². The molecule has 5 aromatic carbocycles. The summed E-state index contributed by atoms with van der Waals surface area (Å²) in [6.45, 7) is 14.9. The molecule has 1 radical (unpaired) electrons. The number of hydrogen-bond acceptors (Lipinski definition) is 5. The number of ether oxygens (including phenoxy) is 2. The number of nitrogens with zero attached hydrogens (tertiary/aromatic N) is 1. The zero-order valence-electron chi connectivity index (χ0n) is 34.0. The van der Waals surface area contributed by atoms with E-state index < -0.39 is 0 Å². The standard InChI is InChI=1S/C37H27BNO2.C13H24O2.Ir/c1-37(2,3)28-19-26(18-24-10-4-5-11-27(24)28)31-20-23(16-17-39-31)25-21-34-36-35(22-25)41-33-15-9-7-13-30(33)38(36)29-12-6-8-14-32(29)40-34;1-5-10(6-2)12(14)9-13(15)11(7-3)8-4;/h4-17,19-22H,1-3H3;9-11,14H,5-8H2,1-4H3;/q-1;;/b;12-9-;. The maximum absolute atomic E-state index is 11.7. The minimum absolute atomic E-state index is 0. The smallest absolute Gasteiger partial charge is 0.260 e. The quantitative estimate of drug-likeness (QED) is 0.0676. The summed E-state index contributed by atoms with van der Waals surface area (Å²) in [6, 6.07) is 39.5. The third-order valence-corrected chi connectivity index (χ3v) is 11.3. The summed E-state index contributed by atoms with van der Waals surface area (Å²) < 4.78 is 13.0. The van der Waals surface area contributed by atoms with Gasteiger partial charge in [-0.2, -0.15) is 0 Å². The van der Waals surface area contributed by atoms with Gasteiger partial charge in [0, 0.05) is 55.4 Å². The minimum Gasteiger partial charge on any atom is -0.512 e. The number of carbonyl (C=O) groups is 1. The fourth-order valence-corrected chi connectivity index (χ4v) is 8.09. The second-order valence-electron chi connectivity index (χ2n) is 15.9. The van der Waals surface area contributed by atoms with Crippen molar-refractivity contribution < 1.29 is 39.5 Å². The molecule has 0 spiro atoms. The van der Waals surface area contributed by atoms with Gasteiger partial charge in [0.15, 0.2) is 5.78 Å². The Morgan fingerprint density at radius 3 is 1.88 bits per heavy atom. The average Bonchev–Trinajstić information content (AvgIpc) is 3.21. The van der Waals surface area contributed by atoms with E-state index in [1.54, 1.807) is 0 Å². The number of hydrogen-bond donors (Lipinski definition) is 1. The van der Waals surface area contributed by atoms with Crippen molar-refractivity contribution in [2.75, 3.05) is 0 Å². The van der Waals surface area contributed by atoms with Crippen LogP contribution in [0.25, 0.3) is 33.2 Å². The molecule has 1 aromatic heterocycles. The van der Waals surface area contributed by atoms with Gasteiger partial charge in [-0.05, 0) is 83.5 Å². The number of para-hydroxylation sites is 2. The van der Waals surface area contributed by atoms with Gasteiger partial charge in [-0.15, -0.1) is 29.1 Å². The first-order chi connectivity index (χ1) is 27.0. The third-order valence-electron chi connectivity index (χ3n) is 11.3. The van der Waals surface area contributed by atoms with Gasteiger partial charge in [0.2, 0.25) is 0 Å². The normalized spacial score (nSPS) is 12.7. The summed E-state index contributed by atoms with van der Waals surface area (Å²) in [5.74, 6) is 4.00. The Bertz CT molecular complexity index is 2350. The van der Waals surface area contributed by atoms with Crippen molar-refractivity contribution in [1.82, 2.24) is 4.98 Å². The number of ketones is 1. The predicted octanol–water partition coefficient (Wildman–Crippen LogP) is 11.3. The van der Waals surface area contributed by atoms with Crippen LogP contribution >= 0.6 is 0 Å². The Morgan fingerprint density at radius 2 is 1.30 bits per heavy atom. The molecular weight excluding hydrogens is 882 g/mol. The predicted molar refractivity (Wildman–Crippen MR) is 232 cm³/mol. The number of aliphatic hydroxyl groups excluding tert-OH is 1. The summed E-state index contributed by atoms with van der Waals surface area (Å²) in [7, 11) is 0. The van der Waals surface area contributed by atoms with E-state index in [1.807, 2.05) is 46.0 Å². The first kappa shape index (κ1) is 41.7. The van der Waals surface area contributed by atoms with Gasteiger partial charge in [0.1, 0.15) is 23.0 Å². The fraction of sp³-hybridized carbons (Fsp3) is 0.280. The SMILES string of the molecule is CC(C)(C)c1cc(-c2cc(-c3cc4c5c(c3)Oc3ccccc3B5c3ccccc3O4)ccn2)[c-]c2ccccc12.CCC(CC)C(=O)/C=C(\O)C(CC)CC.[Ir]. The molecule has 8 rings (SSSR count). The third kappa shape index (κ3) is 8.52. The Morgan fingerprint density at radius 1 is 0.737 bits per heavy atom. The Hall–Kier alpha value is -4.97. The number of fused-ring (bicyclic) bond motifs is 5. The molecule has 2 aliphatic heterocycles. The maximum Gasteiger partial charge on any atom is 0.260 e. The van der Waals surface area contributed by atoms with Gasteiger partial charge in [-0.25, -0.2) is 0 Å². The van der Waals surface area contributed by atoms with E-state index in [9.17, 15) is 9.90 Å². The summed E-state index contributed by atoms with van der Waals surface area (Å²) in [6.07, 6.45) is 6.79. The van der Waals surface area contributed by atoms with Crippen molar-refractivity contribution in [1.29, 1.82) is 0 Å². The summed E-state index contributed by atoms with van der Waals surface area (Å²) >= 11 is 0. The molecule has 0 saturated carbocycles. The van der Waals surface area contributed by atoms with E-state index in [0.717, 1.165) is 92.8 Å². The number of aliphatic hydroxyl groups is 1. The van der Waals surface area contributed by atoms with Gasteiger partial charge < -0.3 is 14.6 Å². The Kier molecular flexibility index (Phi) is 12.9. The molecular formula is C50H51BIrNO4-. The van der Waals surface area contributed by atoms with Gasteiger partial charge in [-0.3, -0.25) is 9.78 Å². The van der Waals surface area contributed by atoms with E-state index in [-0.39, 0.29) is 55.6 Å². The minimum atomic E-state index is -0.0139. The molecule has 6 aromatic rings. The molecule has 1 N–H and O–H groups in total. The van der Waals surface area contributed by atoms with E-state index in [4.69, 9.17) is 14.5 Å². The number of benzene rings is 5. The number of carbonyl (C=O) groups excluding carboxylic acids is 1. The van der Waals surface area contributed by atoms with Crippen molar-refractivity contribution in [3.63, 3.8) is 0 Å². The largest absolute Gasteiger partial charge is 0.512 e. The number of aromatic nitrogens is 1. The second-order valence-corrected chi connectivity index (χ2v) is 15.9. The molecule has 0 aliphatic carbocycles. The molecule has 0 fully saturated rings. The van der Waals surface area contributed by atoms with Crippen molar-refractivity contribution in [2.45, 2.75) is 79.6 Å². The summed E-state index contributed by atoms with van der Waals surface area (Å²) in [5.41, 5.74) is 8.64. The maximum atomic E-state index is 11.7. The van der Waals surface area contributed by atoms with E-state index in [1.165, 1.54) is 17.0 Å². The Balaban J connectivity index is 0.000000295. The average molecular weight is 933 g/mol. The van der Waals surface area contributed by atoms with Crippen molar-refractivity contribution in [3.05, 3.63) is 133 Å². The first-order valence-corrected chi connectivity index (χ1v) is 20.1. The van der Waals surface area contributed by atoms with Crippen LogP contribution in [-0.2, 0) is 30.3 Å². The molecule has 0 unspecified atom stereocenters. The van der Waals surface area contributed by atoms with Crippen LogP contribution in [0.4, 0.5) is 0 Å². The van der Waals surface area contributed by atoms with Gasteiger partial charge in [0.25, 0.3) is 6.71 Å². The molecule has 0 amide bonds. The molecule has 7 heteroatoms. The number of rotatable bonds is 9. The molecule has 0 atom stereocenters. The zero-order valence-corrected chi connectivity index (χ0v) is 36.4. The van der Waals surface area contributed by atoms with Crippen LogP contribution in [0, 0.1) is 17.9 Å². The van der Waals surface area contributed by atoms with Crippen LogP contribution in [0.3, 0.4) is 0 Å².